The first-order valence-corrected chi connectivity index (χ1v) is 13.7. The fraction of sp³-hybridized carbons (Fsp3) is 0.621. The lowest BCUT2D eigenvalue weighted by Gasteiger charge is -2.29. The second-order valence-corrected chi connectivity index (χ2v) is 11.3. The monoisotopic (exact) mass is 562 g/mol. The van der Waals surface area contributed by atoms with Gasteiger partial charge in [-0.25, -0.2) is 4.79 Å². The summed E-state index contributed by atoms with van der Waals surface area (Å²) in [6, 6.07) is 6.03. The normalized spacial score (nSPS) is 14.3. The lowest BCUT2D eigenvalue weighted by atomic mass is 9.96. The van der Waals surface area contributed by atoms with Crippen LogP contribution in [0.15, 0.2) is 30.3 Å². The highest BCUT2D eigenvalue weighted by Crippen LogP contribution is 2.13. The molecular weight excluding hydrogens is 516 g/mol. The van der Waals surface area contributed by atoms with Crippen LogP contribution in [0.3, 0.4) is 0 Å². The Labute approximate surface area is 237 Å². The van der Waals surface area contributed by atoms with Crippen molar-refractivity contribution in [2.75, 3.05) is 0 Å². The molecule has 0 aliphatic rings. The van der Waals surface area contributed by atoms with Gasteiger partial charge in [-0.15, -0.1) is 0 Å². The summed E-state index contributed by atoms with van der Waals surface area (Å²) >= 11 is 0. The molecule has 0 bridgehead atoms. The Balaban J connectivity index is 2.87. The number of primary amides is 1. The van der Waals surface area contributed by atoms with Crippen molar-refractivity contribution in [3.63, 3.8) is 0 Å². The van der Waals surface area contributed by atoms with Gasteiger partial charge in [-0.3, -0.25) is 19.2 Å². The lowest BCUT2D eigenvalue weighted by molar-refractivity contribution is -0.145. The summed E-state index contributed by atoms with van der Waals surface area (Å²) in [6.45, 7) is 12.7. The summed E-state index contributed by atoms with van der Waals surface area (Å²) in [5.41, 5.74) is 5.57. The first kappa shape index (κ1) is 34.4. The molecule has 0 spiro atoms. The molecule has 1 aromatic rings. The Bertz CT molecular complexity index is 992. The topological polar surface area (TPSA) is 166 Å². The minimum absolute atomic E-state index is 0.0578. The van der Waals surface area contributed by atoms with E-state index in [2.05, 4.69) is 16.0 Å². The van der Waals surface area contributed by atoms with Crippen molar-refractivity contribution in [3.05, 3.63) is 35.9 Å². The number of benzene rings is 1. The Hall–Kier alpha value is -3.63. The van der Waals surface area contributed by atoms with Crippen LogP contribution in [0.4, 0.5) is 4.79 Å². The van der Waals surface area contributed by atoms with E-state index in [4.69, 9.17) is 15.2 Å². The molecule has 1 rings (SSSR count). The third kappa shape index (κ3) is 13.4. The molecule has 40 heavy (non-hydrogen) atoms. The zero-order valence-electron chi connectivity index (χ0n) is 24.7. The predicted octanol–water partition coefficient (Wildman–Crippen LogP) is 2.95. The lowest BCUT2D eigenvalue weighted by Crippen LogP contribution is -2.58. The van der Waals surface area contributed by atoms with Gasteiger partial charge in [-0.05, 0) is 51.0 Å². The van der Waals surface area contributed by atoms with Crippen molar-refractivity contribution >= 4 is 29.8 Å². The third-order valence-electron chi connectivity index (χ3n) is 6.05. The maximum Gasteiger partial charge on any atom is 0.408 e. The smallest absolute Gasteiger partial charge is 0.408 e. The van der Waals surface area contributed by atoms with Gasteiger partial charge in [0.25, 0.3) is 0 Å². The Kier molecular flexibility index (Phi) is 14.2. The number of hydrogen-bond acceptors (Lipinski definition) is 7. The highest BCUT2D eigenvalue weighted by atomic mass is 16.6. The molecule has 0 saturated carbocycles. The first-order valence-electron chi connectivity index (χ1n) is 13.7. The SMILES string of the molecule is CC[C@H](C)[C@H](NC(=O)[C@H](CC(C)C)NC(=O)OC(C)(C)C)C(=O)N[C@@H](CCC(=O)OCc1ccccc1)C(N)=O. The number of nitrogens with two attached hydrogens (primary N) is 1. The van der Waals surface area contributed by atoms with Crippen molar-refractivity contribution in [1.82, 2.24) is 16.0 Å². The summed E-state index contributed by atoms with van der Waals surface area (Å²) in [4.78, 5) is 63.1. The molecule has 5 N–H and O–H groups in total. The molecule has 11 nitrogen and oxygen atoms in total. The van der Waals surface area contributed by atoms with Gasteiger partial charge in [0.2, 0.25) is 17.7 Å². The van der Waals surface area contributed by atoms with Gasteiger partial charge in [0.1, 0.15) is 30.3 Å². The van der Waals surface area contributed by atoms with Gasteiger partial charge in [-0.1, -0.05) is 64.4 Å². The number of carbonyl (C=O) groups excluding carboxylic acids is 5. The molecule has 0 heterocycles. The highest BCUT2D eigenvalue weighted by molar-refractivity contribution is 5.93. The predicted molar refractivity (Wildman–Crippen MR) is 151 cm³/mol. The van der Waals surface area contributed by atoms with Gasteiger partial charge in [0.05, 0.1) is 0 Å². The fourth-order valence-electron chi connectivity index (χ4n) is 3.73. The van der Waals surface area contributed by atoms with E-state index in [1.54, 1.807) is 27.7 Å². The number of alkyl carbamates (subject to hydrolysis) is 1. The number of hydrogen-bond donors (Lipinski definition) is 4. The molecule has 4 amide bonds. The van der Waals surface area contributed by atoms with Gasteiger partial charge in [0, 0.05) is 6.42 Å². The minimum atomic E-state index is -1.15. The average Bonchev–Trinajstić information content (AvgIpc) is 2.86. The molecule has 1 aromatic carbocycles. The molecule has 0 aromatic heterocycles. The van der Waals surface area contributed by atoms with E-state index in [0.29, 0.717) is 12.8 Å². The average molecular weight is 563 g/mol. The Morgan fingerprint density at radius 1 is 0.900 bits per heavy atom. The number of ether oxygens (including phenoxy) is 2. The van der Waals surface area contributed by atoms with Crippen LogP contribution in [0.25, 0.3) is 0 Å². The molecular formula is C29H46N4O7. The summed E-state index contributed by atoms with van der Waals surface area (Å²) in [6.07, 6.45) is -0.0938. The van der Waals surface area contributed by atoms with E-state index in [1.807, 2.05) is 51.1 Å². The molecule has 0 fully saturated rings. The summed E-state index contributed by atoms with van der Waals surface area (Å²) in [7, 11) is 0. The van der Waals surface area contributed by atoms with E-state index in [9.17, 15) is 24.0 Å². The second-order valence-electron chi connectivity index (χ2n) is 11.3. The van der Waals surface area contributed by atoms with Crippen LogP contribution in [-0.2, 0) is 35.3 Å². The standard InChI is InChI=1S/C29H46N4O7/c1-8-19(4)24(33-26(36)22(16-18(2)3)32-28(38)40-29(5,6)7)27(37)31-21(25(30)35)14-15-23(34)39-17-20-12-10-9-11-13-20/h9-13,18-19,21-22,24H,8,14-17H2,1-7H3,(H2,30,35)(H,31,37)(H,32,38)(H,33,36)/t19-,21-,22-,24-/m0/s1. The Morgan fingerprint density at radius 2 is 1.52 bits per heavy atom. The van der Waals surface area contributed by atoms with E-state index in [-0.39, 0.29) is 31.3 Å². The minimum Gasteiger partial charge on any atom is -0.461 e. The number of amides is 4. The number of carbonyl (C=O) groups is 5. The maximum atomic E-state index is 13.2. The maximum absolute atomic E-state index is 13.2. The van der Waals surface area contributed by atoms with E-state index < -0.39 is 53.5 Å². The molecule has 0 radical (unpaired) electrons. The van der Waals surface area contributed by atoms with Crippen LogP contribution in [0, 0.1) is 11.8 Å². The van der Waals surface area contributed by atoms with Crippen LogP contribution < -0.4 is 21.7 Å². The molecule has 4 atom stereocenters. The molecule has 224 valence electrons. The van der Waals surface area contributed by atoms with E-state index in [1.165, 1.54) is 0 Å². The van der Waals surface area contributed by atoms with Crippen LogP contribution in [-0.4, -0.2) is 53.5 Å². The number of rotatable bonds is 15. The summed E-state index contributed by atoms with van der Waals surface area (Å²) < 4.78 is 10.5. The van der Waals surface area contributed by atoms with Gasteiger partial charge in [0.15, 0.2) is 0 Å². The molecule has 0 saturated heterocycles. The first-order chi connectivity index (χ1) is 18.6. The summed E-state index contributed by atoms with van der Waals surface area (Å²) in [5.74, 6) is -2.79. The van der Waals surface area contributed by atoms with Gasteiger partial charge < -0.3 is 31.2 Å². The van der Waals surface area contributed by atoms with Crippen molar-refractivity contribution in [3.8, 4) is 0 Å². The largest absolute Gasteiger partial charge is 0.461 e. The van der Waals surface area contributed by atoms with Gasteiger partial charge >= 0.3 is 12.1 Å². The quantitative estimate of drug-likeness (QED) is 0.239. The summed E-state index contributed by atoms with van der Waals surface area (Å²) in [5, 5.41) is 7.88. The van der Waals surface area contributed by atoms with Crippen LogP contribution in [0.1, 0.15) is 79.7 Å². The highest BCUT2D eigenvalue weighted by Gasteiger charge is 2.33. The molecule has 0 aliphatic carbocycles. The molecule has 0 unspecified atom stereocenters. The number of esters is 1. The zero-order valence-corrected chi connectivity index (χ0v) is 24.7. The third-order valence-corrected chi connectivity index (χ3v) is 6.05. The van der Waals surface area contributed by atoms with E-state index in [0.717, 1.165) is 5.56 Å². The Morgan fingerprint density at radius 3 is 2.05 bits per heavy atom. The molecule has 11 heteroatoms. The van der Waals surface area contributed by atoms with Crippen molar-refractivity contribution in [2.24, 2.45) is 17.6 Å². The van der Waals surface area contributed by atoms with Gasteiger partial charge in [-0.2, -0.15) is 0 Å². The molecule has 0 aliphatic heterocycles. The van der Waals surface area contributed by atoms with Crippen LogP contribution in [0.5, 0.6) is 0 Å². The second kappa shape index (κ2) is 16.5. The van der Waals surface area contributed by atoms with Crippen LogP contribution >= 0.6 is 0 Å². The van der Waals surface area contributed by atoms with Crippen molar-refractivity contribution < 1.29 is 33.4 Å². The number of nitrogens with one attached hydrogen (secondary N) is 3. The zero-order chi connectivity index (χ0) is 30.5. The fourth-order valence-corrected chi connectivity index (χ4v) is 3.73. The van der Waals surface area contributed by atoms with Crippen molar-refractivity contribution in [2.45, 2.75) is 104 Å². The van der Waals surface area contributed by atoms with Crippen molar-refractivity contribution in [1.29, 1.82) is 0 Å². The van der Waals surface area contributed by atoms with E-state index >= 15 is 0 Å². The van der Waals surface area contributed by atoms with Crippen LogP contribution in [0.2, 0.25) is 0 Å².